The fraction of sp³-hybridized carbons (Fsp3) is 0.200. The number of nitrogens with two attached hydrogens (primary N) is 1. The van der Waals surface area contributed by atoms with Crippen LogP contribution >= 0.6 is 11.6 Å². The summed E-state index contributed by atoms with van der Waals surface area (Å²) in [6.45, 7) is 2.41. The van der Waals surface area contributed by atoms with Gasteiger partial charge in [0.25, 0.3) is 0 Å². The van der Waals surface area contributed by atoms with E-state index in [1.165, 1.54) is 0 Å². The van der Waals surface area contributed by atoms with Crippen molar-refractivity contribution >= 4 is 50.8 Å². The lowest BCUT2D eigenvalue weighted by atomic mass is 10.1. The molecular formula is C20H18ClN3O2. The Hall–Kier alpha value is -2.79. The van der Waals surface area contributed by atoms with Crippen LogP contribution in [0.2, 0.25) is 5.02 Å². The summed E-state index contributed by atoms with van der Waals surface area (Å²) in [5.74, 6) is -0.104. The van der Waals surface area contributed by atoms with Crippen LogP contribution in [0, 0.1) is 0 Å². The molecule has 0 bridgehead atoms. The molecule has 0 aliphatic carbocycles. The number of fused-ring (bicyclic) bond motifs is 5. The number of para-hydroxylation sites is 2. The Morgan fingerprint density at radius 1 is 1.23 bits per heavy atom. The first kappa shape index (κ1) is 16.7. The van der Waals surface area contributed by atoms with Crippen LogP contribution in [0.25, 0.3) is 27.5 Å². The van der Waals surface area contributed by atoms with Crippen LogP contribution in [0.5, 0.6) is 0 Å². The third kappa shape index (κ3) is 2.56. The van der Waals surface area contributed by atoms with Gasteiger partial charge in [0.05, 0.1) is 17.6 Å². The fourth-order valence-corrected chi connectivity index (χ4v) is 3.39. The number of unbranched alkanes of at least 4 members (excludes halogenated alkanes) is 1. The van der Waals surface area contributed by atoms with E-state index in [1.54, 1.807) is 22.6 Å². The number of nitrogens with zero attached hydrogens (tertiary/aromatic N) is 2. The first-order valence-electron chi connectivity index (χ1n) is 8.57. The number of rotatable bonds is 4. The molecule has 4 aromatic rings. The molecule has 2 aromatic carbocycles. The highest BCUT2D eigenvalue weighted by atomic mass is 35.5. The fourth-order valence-electron chi connectivity index (χ4n) is 3.22. The second-order valence-electron chi connectivity index (χ2n) is 6.20. The first-order valence-corrected chi connectivity index (χ1v) is 8.94. The third-order valence-electron chi connectivity index (χ3n) is 4.48. The van der Waals surface area contributed by atoms with Crippen molar-refractivity contribution in [2.75, 3.05) is 12.3 Å². The molecule has 0 saturated carbocycles. The first-order chi connectivity index (χ1) is 12.6. The van der Waals surface area contributed by atoms with Gasteiger partial charge in [-0.2, -0.15) is 0 Å². The lowest BCUT2D eigenvalue weighted by Crippen LogP contribution is -2.13. The summed E-state index contributed by atoms with van der Waals surface area (Å²) in [4.78, 5) is 17.5. The molecule has 5 nitrogen and oxygen atoms in total. The zero-order valence-electron chi connectivity index (χ0n) is 14.3. The van der Waals surface area contributed by atoms with Gasteiger partial charge in [0.1, 0.15) is 17.0 Å². The summed E-state index contributed by atoms with van der Waals surface area (Å²) >= 11 is 6.21. The van der Waals surface area contributed by atoms with Crippen LogP contribution in [0.3, 0.4) is 0 Å². The number of carbonyl (C=O) groups is 1. The van der Waals surface area contributed by atoms with Crippen LogP contribution in [0.15, 0.2) is 42.5 Å². The summed E-state index contributed by atoms with van der Waals surface area (Å²) in [5.41, 5.74) is 9.09. The smallest absolute Gasteiger partial charge is 0.342 e. The third-order valence-corrected chi connectivity index (χ3v) is 4.72. The topological polar surface area (TPSA) is 69.6 Å². The molecule has 6 heteroatoms. The van der Waals surface area contributed by atoms with E-state index in [1.807, 2.05) is 31.2 Å². The molecule has 0 aliphatic rings. The number of hydrogen-bond acceptors (Lipinski definition) is 4. The Balaban J connectivity index is 2.07. The van der Waals surface area contributed by atoms with Gasteiger partial charge in [-0.3, -0.25) is 4.40 Å². The summed E-state index contributed by atoms with van der Waals surface area (Å²) < 4.78 is 7.24. The van der Waals surface area contributed by atoms with Crippen molar-refractivity contribution in [1.82, 2.24) is 9.38 Å². The second kappa shape index (κ2) is 6.50. The molecule has 0 unspecified atom stereocenters. The van der Waals surface area contributed by atoms with Crippen LogP contribution in [0.1, 0.15) is 30.1 Å². The molecule has 0 amide bonds. The molecule has 0 aliphatic heterocycles. The predicted octanol–water partition coefficient (Wildman–Crippen LogP) is 4.83. The number of anilines is 1. The number of pyridine rings is 1. The molecule has 0 spiro atoms. The van der Waals surface area contributed by atoms with E-state index in [0.29, 0.717) is 34.0 Å². The average Bonchev–Trinajstić information content (AvgIpc) is 3.03. The lowest BCUT2D eigenvalue weighted by Gasteiger charge is -2.13. The number of esters is 1. The highest BCUT2D eigenvalue weighted by molar-refractivity contribution is 6.32. The van der Waals surface area contributed by atoms with Crippen molar-refractivity contribution in [1.29, 1.82) is 0 Å². The molecule has 132 valence electrons. The van der Waals surface area contributed by atoms with Gasteiger partial charge in [-0.25, -0.2) is 9.78 Å². The van der Waals surface area contributed by atoms with Gasteiger partial charge >= 0.3 is 5.97 Å². The Bertz CT molecular complexity index is 1150. The quantitative estimate of drug-likeness (QED) is 0.414. The monoisotopic (exact) mass is 367 g/mol. The van der Waals surface area contributed by atoms with Crippen LogP contribution < -0.4 is 5.73 Å². The summed E-state index contributed by atoms with van der Waals surface area (Å²) in [6, 6.07) is 13.0. The SMILES string of the molecule is CCCCOC(=O)c1c(N)n2c3ccccc3nc2c2cc(Cl)ccc12. The van der Waals surface area contributed by atoms with Gasteiger partial charge in [0, 0.05) is 15.8 Å². The number of carbonyl (C=O) groups excluding carboxylic acids is 1. The van der Waals surface area contributed by atoms with Crippen molar-refractivity contribution in [2.24, 2.45) is 0 Å². The van der Waals surface area contributed by atoms with Gasteiger partial charge < -0.3 is 10.5 Å². The van der Waals surface area contributed by atoms with E-state index >= 15 is 0 Å². The molecule has 0 radical (unpaired) electrons. The van der Waals surface area contributed by atoms with Gasteiger partial charge in [-0.05, 0) is 30.7 Å². The van der Waals surface area contributed by atoms with Crippen molar-refractivity contribution in [3.05, 3.63) is 53.1 Å². The summed E-state index contributed by atoms with van der Waals surface area (Å²) in [6.07, 6.45) is 1.76. The maximum Gasteiger partial charge on any atom is 0.342 e. The maximum atomic E-state index is 12.8. The summed E-state index contributed by atoms with van der Waals surface area (Å²) in [5, 5.41) is 2.03. The molecule has 0 fully saturated rings. The van der Waals surface area contributed by atoms with E-state index in [0.717, 1.165) is 29.3 Å². The van der Waals surface area contributed by atoms with E-state index in [4.69, 9.17) is 27.1 Å². The second-order valence-corrected chi connectivity index (χ2v) is 6.64. The Labute approximate surface area is 155 Å². The zero-order valence-corrected chi connectivity index (χ0v) is 15.1. The van der Waals surface area contributed by atoms with Gasteiger partial charge in [-0.1, -0.05) is 43.1 Å². The largest absolute Gasteiger partial charge is 0.462 e. The molecule has 4 rings (SSSR count). The van der Waals surface area contributed by atoms with Crippen molar-refractivity contribution in [3.63, 3.8) is 0 Å². The van der Waals surface area contributed by atoms with E-state index in [9.17, 15) is 4.79 Å². The van der Waals surface area contributed by atoms with Crippen LogP contribution in [0.4, 0.5) is 5.82 Å². The molecule has 26 heavy (non-hydrogen) atoms. The Morgan fingerprint density at radius 2 is 2.04 bits per heavy atom. The van der Waals surface area contributed by atoms with Crippen LogP contribution in [-0.2, 0) is 4.74 Å². The standard InChI is InChI=1S/C20H18ClN3O2/c1-2-3-10-26-20(25)17-13-9-8-12(21)11-14(13)19-23-15-6-4-5-7-16(15)24(19)18(17)22/h4-9,11H,2-3,10,22H2,1H3. The number of ether oxygens (including phenoxy) is 1. The van der Waals surface area contributed by atoms with Crippen molar-refractivity contribution in [2.45, 2.75) is 19.8 Å². The minimum absolute atomic E-state index is 0.324. The number of nitrogen functional groups attached to an aromatic ring is 1. The molecule has 2 aromatic heterocycles. The molecular weight excluding hydrogens is 350 g/mol. The number of imidazole rings is 1. The van der Waals surface area contributed by atoms with Gasteiger partial charge in [0.2, 0.25) is 0 Å². The molecule has 0 atom stereocenters. The van der Waals surface area contributed by atoms with E-state index in [-0.39, 0.29) is 0 Å². The number of hydrogen-bond donors (Lipinski definition) is 1. The van der Waals surface area contributed by atoms with E-state index < -0.39 is 5.97 Å². The van der Waals surface area contributed by atoms with Crippen molar-refractivity contribution < 1.29 is 9.53 Å². The van der Waals surface area contributed by atoms with Crippen molar-refractivity contribution in [3.8, 4) is 0 Å². The highest BCUT2D eigenvalue weighted by Crippen LogP contribution is 2.33. The van der Waals surface area contributed by atoms with E-state index in [2.05, 4.69) is 0 Å². The summed E-state index contributed by atoms with van der Waals surface area (Å²) in [7, 11) is 0. The predicted molar refractivity (Wildman–Crippen MR) is 105 cm³/mol. The Kier molecular flexibility index (Phi) is 4.17. The zero-order chi connectivity index (χ0) is 18.3. The van der Waals surface area contributed by atoms with Crippen LogP contribution in [-0.4, -0.2) is 22.0 Å². The number of aromatic nitrogens is 2. The average molecular weight is 368 g/mol. The minimum atomic E-state index is -0.428. The molecule has 0 saturated heterocycles. The van der Waals surface area contributed by atoms with Gasteiger partial charge in [-0.15, -0.1) is 0 Å². The number of halogens is 1. The normalized spacial score (nSPS) is 11.5. The molecule has 2 N–H and O–H groups in total. The lowest BCUT2D eigenvalue weighted by molar-refractivity contribution is 0.0503. The highest BCUT2D eigenvalue weighted by Gasteiger charge is 2.22. The molecule has 2 heterocycles. The minimum Gasteiger partial charge on any atom is -0.462 e. The maximum absolute atomic E-state index is 12.8. The number of benzene rings is 2. The van der Waals surface area contributed by atoms with Gasteiger partial charge in [0.15, 0.2) is 0 Å². The Morgan fingerprint density at radius 3 is 2.85 bits per heavy atom.